The minimum Gasteiger partial charge on any atom is -0.497 e. The first-order chi connectivity index (χ1) is 10.2. The largest absolute Gasteiger partial charge is 0.497 e. The van der Waals surface area contributed by atoms with Gasteiger partial charge in [-0.2, -0.15) is 0 Å². The maximum Gasteiger partial charge on any atom is 0.238 e. The van der Waals surface area contributed by atoms with Gasteiger partial charge in [-0.3, -0.25) is 4.79 Å². The standard InChI is InChI=1S/C16H24N2O3/c1-21-13-9-7-12(8-10-13)18-16(20)11-17-14-5-3-2-4-6-15(14)19/h7-10,14-15,17,19H,2-6,11H2,1H3,(H,18,20). The summed E-state index contributed by atoms with van der Waals surface area (Å²) < 4.78 is 5.07. The zero-order valence-corrected chi connectivity index (χ0v) is 12.5. The van der Waals surface area contributed by atoms with E-state index in [1.165, 1.54) is 0 Å². The third-order valence-electron chi connectivity index (χ3n) is 3.88. The second kappa shape index (κ2) is 8.00. The maximum absolute atomic E-state index is 11.9. The van der Waals surface area contributed by atoms with Crippen molar-refractivity contribution in [2.75, 3.05) is 19.0 Å². The van der Waals surface area contributed by atoms with Crippen molar-refractivity contribution in [1.29, 1.82) is 0 Å². The van der Waals surface area contributed by atoms with Gasteiger partial charge in [-0.15, -0.1) is 0 Å². The fraction of sp³-hybridized carbons (Fsp3) is 0.562. The maximum atomic E-state index is 11.9. The van der Waals surface area contributed by atoms with Crippen molar-refractivity contribution < 1.29 is 14.6 Å². The van der Waals surface area contributed by atoms with Crippen molar-refractivity contribution in [3.8, 4) is 5.75 Å². The molecule has 5 heteroatoms. The van der Waals surface area contributed by atoms with Crippen LogP contribution in [0, 0.1) is 0 Å². The highest BCUT2D eigenvalue weighted by atomic mass is 16.5. The SMILES string of the molecule is COc1ccc(NC(=O)CNC2CCCCCC2O)cc1. The summed E-state index contributed by atoms with van der Waals surface area (Å²) in [6.07, 6.45) is 4.73. The van der Waals surface area contributed by atoms with Gasteiger partial charge in [0.2, 0.25) is 5.91 Å². The minimum absolute atomic E-state index is 0.0223. The molecule has 0 bridgehead atoms. The molecule has 1 aromatic carbocycles. The van der Waals surface area contributed by atoms with Crippen LogP contribution in [0.5, 0.6) is 5.75 Å². The van der Waals surface area contributed by atoms with Crippen molar-refractivity contribution in [2.45, 2.75) is 44.2 Å². The number of rotatable bonds is 5. The van der Waals surface area contributed by atoms with Crippen LogP contribution in [0.15, 0.2) is 24.3 Å². The summed E-state index contributed by atoms with van der Waals surface area (Å²) in [5.41, 5.74) is 0.740. The van der Waals surface area contributed by atoms with E-state index in [2.05, 4.69) is 10.6 Å². The van der Waals surface area contributed by atoms with Gasteiger partial charge >= 0.3 is 0 Å². The Hall–Kier alpha value is -1.59. The van der Waals surface area contributed by atoms with E-state index in [4.69, 9.17) is 4.74 Å². The Labute approximate surface area is 125 Å². The molecule has 0 heterocycles. The van der Waals surface area contributed by atoms with E-state index in [-0.39, 0.29) is 24.6 Å². The van der Waals surface area contributed by atoms with Crippen molar-refractivity contribution in [1.82, 2.24) is 5.32 Å². The highest BCUT2D eigenvalue weighted by Crippen LogP contribution is 2.18. The number of aliphatic hydroxyl groups excluding tert-OH is 1. The summed E-state index contributed by atoms with van der Waals surface area (Å²) in [5.74, 6) is 0.657. The number of aliphatic hydroxyl groups is 1. The molecular formula is C16H24N2O3. The first-order valence-electron chi connectivity index (χ1n) is 7.54. The van der Waals surface area contributed by atoms with Crippen LogP contribution in [0.4, 0.5) is 5.69 Å². The van der Waals surface area contributed by atoms with Crippen molar-refractivity contribution >= 4 is 11.6 Å². The number of hydrogen-bond donors (Lipinski definition) is 3. The molecule has 0 aromatic heterocycles. The molecule has 1 saturated carbocycles. The Balaban J connectivity index is 1.78. The van der Waals surface area contributed by atoms with Crippen LogP contribution in [0.3, 0.4) is 0 Å². The van der Waals surface area contributed by atoms with Gasteiger partial charge in [-0.05, 0) is 37.1 Å². The highest BCUT2D eigenvalue weighted by molar-refractivity contribution is 5.92. The van der Waals surface area contributed by atoms with Gasteiger partial charge in [-0.1, -0.05) is 19.3 Å². The van der Waals surface area contributed by atoms with Crippen molar-refractivity contribution in [3.05, 3.63) is 24.3 Å². The number of carbonyl (C=O) groups is 1. The van der Waals surface area contributed by atoms with Gasteiger partial charge in [0.1, 0.15) is 5.75 Å². The van der Waals surface area contributed by atoms with Crippen LogP contribution in [0.1, 0.15) is 32.1 Å². The fourth-order valence-corrected chi connectivity index (χ4v) is 2.63. The number of amides is 1. The fourth-order valence-electron chi connectivity index (χ4n) is 2.63. The third-order valence-corrected chi connectivity index (χ3v) is 3.88. The second-order valence-electron chi connectivity index (χ2n) is 5.47. The van der Waals surface area contributed by atoms with Gasteiger partial charge in [0.25, 0.3) is 0 Å². The molecule has 3 N–H and O–H groups in total. The summed E-state index contributed by atoms with van der Waals surface area (Å²) in [4.78, 5) is 11.9. The lowest BCUT2D eigenvalue weighted by Gasteiger charge is -2.21. The van der Waals surface area contributed by atoms with Gasteiger partial charge in [0.05, 0.1) is 19.8 Å². The Morgan fingerprint density at radius 1 is 1.24 bits per heavy atom. The average Bonchev–Trinajstić information content (AvgIpc) is 2.70. The molecule has 0 aliphatic heterocycles. The predicted molar refractivity (Wildman–Crippen MR) is 82.5 cm³/mol. The van der Waals surface area contributed by atoms with E-state index in [1.807, 2.05) is 0 Å². The molecule has 1 aliphatic rings. The smallest absolute Gasteiger partial charge is 0.238 e. The Morgan fingerprint density at radius 3 is 2.67 bits per heavy atom. The zero-order chi connectivity index (χ0) is 15.1. The normalized spacial score (nSPS) is 22.4. The van der Waals surface area contributed by atoms with E-state index in [1.54, 1.807) is 31.4 Å². The average molecular weight is 292 g/mol. The van der Waals surface area contributed by atoms with E-state index >= 15 is 0 Å². The molecule has 5 nitrogen and oxygen atoms in total. The number of carbonyl (C=O) groups excluding carboxylic acids is 1. The van der Waals surface area contributed by atoms with Crippen LogP contribution in [-0.4, -0.2) is 36.8 Å². The van der Waals surface area contributed by atoms with Crippen LogP contribution >= 0.6 is 0 Å². The van der Waals surface area contributed by atoms with Crippen LogP contribution < -0.4 is 15.4 Å². The molecule has 0 saturated heterocycles. The molecule has 0 spiro atoms. The molecule has 1 aliphatic carbocycles. The number of benzene rings is 1. The topological polar surface area (TPSA) is 70.6 Å². The van der Waals surface area contributed by atoms with E-state index < -0.39 is 0 Å². The molecule has 2 rings (SSSR count). The molecule has 0 radical (unpaired) electrons. The molecule has 1 fully saturated rings. The summed E-state index contributed by atoms with van der Waals surface area (Å²) in [7, 11) is 1.61. The number of methoxy groups -OCH3 is 1. The van der Waals surface area contributed by atoms with Crippen molar-refractivity contribution in [2.24, 2.45) is 0 Å². The first kappa shape index (κ1) is 15.8. The van der Waals surface area contributed by atoms with Gasteiger partial charge in [-0.25, -0.2) is 0 Å². The lowest BCUT2D eigenvalue weighted by molar-refractivity contribution is -0.115. The second-order valence-corrected chi connectivity index (χ2v) is 5.47. The Bertz CT molecular complexity index is 447. The summed E-state index contributed by atoms with van der Waals surface area (Å²) >= 11 is 0. The highest BCUT2D eigenvalue weighted by Gasteiger charge is 2.21. The van der Waals surface area contributed by atoms with Crippen molar-refractivity contribution in [3.63, 3.8) is 0 Å². The quantitative estimate of drug-likeness (QED) is 0.725. The number of anilines is 1. The van der Waals surface area contributed by atoms with Crippen LogP contribution in [-0.2, 0) is 4.79 Å². The lowest BCUT2D eigenvalue weighted by atomic mass is 10.1. The van der Waals surface area contributed by atoms with E-state index in [0.717, 1.165) is 43.5 Å². The molecule has 116 valence electrons. The van der Waals surface area contributed by atoms with E-state index in [0.29, 0.717) is 0 Å². The monoisotopic (exact) mass is 292 g/mol. The third kappa shape index (κ3) is 5.02. The van der Waals surface area contributed by atoms with Crippen LogP contribution in [0.2, 0.25) is 0 Å². The van der Waals surface area contributed by atoms with Crippen LogP contribution in [0.25, 0.3) is 0 Å². The predicted octanol–water partition coefficient (Wildman–Crippen LogP) is 1.92. The zero-order valence-electron chi connectivity index (χ0n) is 12.5. The molecule has 1 aromatic rings. The molecule has 21 heavy (non-hydrogen) atoms. The summed E-state index contributed by atoms with van der Waals surface area (Å²) in [5, 5.41) is 16.0. The minimum atomic E-state index is -0.346. The van der Waals surface area contributed by atoms with Gasteiger partial charge < -0.3 is 20.5 Å². The number of nitrogens with one attached hydrogen (secondary N) is 2. The van der Waals surface area contributed by atoms with E-state index in [9.17, 15) is 9.90 Å². The lowest BCUT2D eigenvalue weighted by Crippen LogP contribution is -2.42. The summed E-state index contributed by atoms with van der Waals surface area (Å²) in [6, 6.07) is 7.24. The molecule has 2 atom stereocenters. The Kier molecular flexibility index (Phi) is 6.02. The van der Waals surface area contributed by atoms with Gasteiger partial charge in [0, 0.05) is 11.7 Å². The molecule has 1 amide bonds. The summed E-state index contributed by atoms with van der Waals surface area (Å²) in [6.45, 7) is 0.216. The molecular weight excluding hydrogens is 268 g/mol. The molecule has 2 unspecified atom stereocenters. The first-order valence-corrected chi connectivity index (χ1v) is 7.54. The van der Waals surface area contributed by atoms with Gasteiger partial charge in [0.15, 0.2) is 0 Å². The number of ether oxygens (including phenoxy) is 1. The number of hydrogen-bond acceptors (Lipinski definition) is 4. The Morgan fingerprint density at radius 2 is 1.95 bits per heavy atom.